The second kappa shape index (κ2) is 9.93. The van der Waals surface area contributed by atoms with Crippen LogP contribution in [0.3, 0.4) is 0 Å². The first kappa shape index (κ1) is 21.4. The maximum Gasteiger partial charge on any atom is 0.252 e. The van der Waals surface area contributed by atoms with E-state index in [2.05, 4.69) is 22.5 Å². The van der Waals surface area contributed by atoms with E-state index in [9.17, 15) is 4.79 Å². The molecular weight excluding hydrogens is 380 g/mol. The van der Waals surface area contributed by atoms with Gasteiger partial charge in [0.1, 0.15) is 6.61 Å². The molecule has 0 fully saturated rings. The topological polar surface area (TPSA) is 98.5 Å². The lowest BCUT2D eigenvalue weighted by Crippen LogP contribution is -2.20. The van der Waals surface area contributed by atoms with E-state index in [1.165, 1.54) is 6.20 Å². The van der Waals surface area contributed by atoms with Gasteiger partial charge in [0.05, 0.1) is 23.9 Å². The van der Waals surface area contributed by atoms with Gasteiger partial charge in [-0.2, -0.15) is 0 Å². The zero-order valence-electron chi connectivity index (χ0n) is 17.6. The first-order valence-electron chi connectivity index (χ1n) is 10.1. The number of para-hydroxylation sites is 1. The minimum absolute atomic E-state index is 0.317. The van der Waals surface area contributed by atoms with Gasteiger partial charge in [0.25, 0.3) is 5.91 Å². The summed E-state index contributed by atoms with van der Waals surface area (Å²) in [4.78, 5) is 16.6. The van der Waals surface area contributed by atoms with Gasteiger partial charge < -0.3 is 25.8 Å². The SMILES string of the molecule is CCNCCOc1cc2c(Nc3ccccc3CC)c(C(N)=O)cnc2cc1OC. The number of hydrogen-bond donors (Lipinski definition) is 3. The third-order valence-corrected chi connectivity index (χ3v) is 4.86. The summed E-state index contributed by atoms with van der Waals surface area (Å²) in [5, 5.41) is 7.36. The number of carbonyl (C=O) groups is 1. The standard InChI is InChI=1S/C23H28N4O3/c1-4-15-8-6-7-9-18(15)27-22-16-12-21(30-11-10-25-5-2)20(29-3)13-19(16)26-14-17(22)23(24)28/h6-9,12-14,25H,4-5,10-11H2,1-3H3,(H2,24,28)(H,26,27). The summed E-state index contributed by atoms with van der Waals surface area (Å²) in [5.41, 5.74) is 9.30. The summed E-state index contributed by atoms with van der Waals surface area (Å²) < 4.78 is 11.4. The lowest BCUT2D eigenvalue weighted by Gasteiger charge is -2.17. The molecule has 0 unspecified atom stereocenters. The van der Waals surface area contributed by atoms with E-state index in [1.807, 2.05) is 37.3 Å². The fourth-order valence-electron chi connectivity index (χ4n) is 3.29. The fourth-order valence-corrected chi connectivity index (χ4v) is 3.29. The van der Waals surface area contributed by atoms with Crippen LogP contribution in [0.5, 0.6) is 11.5 Å². The Morgan fingerprint density at radius 3 is 2.67 bits per heavy atom. The first-order valence-corrected chi connectivity index (χ1v) is 10.1. The Morgan fingerprint density at radius 2 is 1.97 bits per heavy atom. The number of nitrogens with one attached hydrogen (secondary N) is 2. The number of primary amides is 1. The van der Waals surface area contributed by atoms with E-state index in [0.29, 0.717) is 41.4 Å². The van der Waals surface area contributed by atoms with E-state index in [4.69, 9.17) is 15.2 Å². The quantitative estimate of drug-likeness (QED) is 0.443. The van der Waals surface area contributed by atoms with Crippen molar-refractivity contribution in [1.82, 2.24) is 10.3 Å². The highest BCUT2D eigenvalue weighted by atomic mass is 16.5. The molecule has 0 radical (unpaired) electrons. The first-order chi connectivity index (χ1) is 14.6. The van der Waals surface area contributed by atoms with Crippen LogP contribution in [-0.2, 0) is 6.42 Å². The highest BCUT2D eigenvalue weighted by Crippen LogP contribution is 2.37. The fraction of sp³-hybridized carbons (Fsp3) is 0.304. The molecule has 0 aliphatic heterocycles. The van der Waals surface area contributed by atoms with Gasteiger partial charge in [-0.25, -0.2) is 0 Å². The van der Waals surface area contributed by atoms with Gasteiger partial charge in [-0.05, 0) is 30.7 Å². The maximum absolute atomic E-state index is 12.1. The molecule has 0 spiro atoms. The molecule has 0 saturated carbocycles. The lowest BCUT2D eigenvalue weighted by molar-refractivity contribution is 0.100. The molecule has 0 aliphatic rings. The normalized spacial score (nSPS) is 10.8. The number of rotatable bonds is 10. The zero-order chi connectivity index (χ0) is 21.5. The second-order valence-corrected chi connectivity index (χ2v) is 6.77. The molecule has 1 heterocycles. The molecule has 30 heavy (non-hydrogen) atoms. The van der Waals surface area contributed by atoms with Gasteiger partial charge in [-0.15, -0.1) is 0 Å². The molecule has 7 nitrogen and oxygen atoms in total. The number of nitrogens with two attached hydrogens (primary N) is 1. The van der Waals surface area contributed by atoms with Crippen molar-refractivity contribution < 1.29 is 14.3 Å². The molecule has 3 aromatic rings. The Balaban J connectivity index is 2.12. The number of methoxy groups -OCH3 is 1. The van der Waals surface area contributed by atoms with Crippen LogP contribution in [0.2, 0.25) is 0 Å². The summed E-state index contributed by atoms with van der Waals surface area (Å²) in [7, 11) is 1.59. The van der Waals surface area contributed by atoms with Crippen LogP contribution >= 0.6 is 0 Å². The van der Waals surface area contributed by atoms with Crippen LogP contribution in [0.25, 0.3) is 10.9 Å². The second-order valence-electron chi connectivity index (χ2n) is 6.77. The average molecular weight is 409 g/mol. The lowest BCUT2D eigenvalue weighted by atomic mass is 10.1. The van der Waals surface area contributed by atoms with Crippen LogP contribution in [0.4, 0.5) is 11.4 Å². The van der Waals surface area contributed by atoms with Crippen molar-refractivity contribution in [2.45, 2.75) is 20.3 Å². The number of hydrogen-bond acceptors (Lipinski definition) is 6. The maximum atomic E-state index is 12.1. The van der Waals surface area contributed by atoms with Crippen LogP contribution in [0.1, 0.15) is 29.8 Å². The van der Waals surface area contributed by atoms with Gasteiger partial charge in [0, 0.05) is 29.9 Å². The Kier molecular flexibility index (Phi) is 7.08. The summed E-state index contributed by atoms with van der Waals surface area (Å²) in [6.07, 6.45) is 2.34. The molecule has 1 amide bonds. The van der Waals surface area contributed by atoms with E-state index >= 15 is 0 Å². The van der Waals surface area contributed by atoms with Gasteiger partial charge in [0.15, 0.2) is 11.5 Å². The van der Waals surface area contributed by atoms with Crippen molar-refractivity contribution >= 4 is 28.2 Å². The Labute approximate surface area is 176 Å². The number of likely N-dealkylation sites (N-methyl/N-ethyl adjacent to an activating group) is 1. The minimum Gasteiger partial charge on any atom is -0.493 e. The number of carbonyl (C=O) groups excluding carboxylic acids is 1. The number of anilines is 2. The Morgan fingerprint density at radius 1 is 1.17 bits per heavy atom. The number of fused-ring (bicyclic) bond motifs is 1. The molecule has 1 aromatic heterocycles. The molecule has 158 valence electrons. The summed E-state index contributed by atoms with van der Waals surface area (Å²) >= 11 is 0. The van der Waals surface area contributed by atoms with Crippen LogP contribution in [0, 0.1) is 0 Å². The number of amides is 1. The van der Waals surface area contributed by atoms with Crippen molar-refractivity contribution in [2.24, 2.45) is 5.73 Å². The predicted octanol–water partition coefficient (Wildman–Crippen LogP) is 3.64. The number of nitrogens with zero attached hydrogens (tertiary/aromatic N) is 1. The molecule has 2 aromatic carbocycles. The molecule has 0 atom stereocenters. The number of aryl methyl sites for hydroxylation is 1. The number of aromatic nitrogens is 1. The molecule has 7 heteroatoms. The van der Waals surface area contributed by atoms with E-state index in [1.54, 1.807) is 13.2 Å². The third kappa shape index (κ3) is 4.63. The summed E-state index contributed by atoms with van der Waals surface area (Å²) in [5.74, 6) is 0.614. The van der Waals surface area contributed by atoms with Crippen LogP contribution < -0.4 is 25.8 Å². The smallest absolute Gasteiger partial charge is 0.252 e. The largest absolute Gasteiger partial charge is 0.493 e. The summed E-state index contributed by atoms with van der Waals surface area (Å²) in [6, 6.07) is 11.6. The van der Waals surface area contributed by atoms with Gasteiger partial charge in [0.2, 0.25) is 0 Å². The highest BCUT2D eigenvalue weighted by Gasteiger charge is 2.17. The van der Waals surface area contributed by atoms with E-state index < -0.39 is 5.91 Å². The Hall–Kier alpha value is -3.32. The van der Waals surface area contributed by atoms with Gasteiger partial charge >= 0.3 is 0 Å². The monoisotopic (exact) mass is 408 g/mol. The molecular formula is C23H28N4O3. The van der Waals surface area contributed by atoms with Gasteiger partial charge in [-0.3, -0.25) is 9.78 Å². The zero-order valence-corrected chi connectivity index (χ0v) is 17.6. The minimum atomic E-state index is -0.550. The molecule has 0 aliphatic carbocycles. The molecule has 4 N–H and O–H groups in total. The van der Waals surface area contributed by atoms with Crippen LogP contribution in [0.15, 0.2) is 42.6 Å². The number of pyridine rings is 1. The number of benzene rings is 2. The van der Waals surface area contributed by atoms with E-state index in [-0.39, 0.29) is 0 Å². The Bertz CT molecular complexity index is 1040. The van der Waals surface area contributed by atoms with Crippen LogP contribution in [-0.4, -0.2) is 37.7 Å². The van der Waals surface area contributed by atoms with Gasteiger partial charge in [-0.1, -0.05) is 32.0 Å². The van der Waals surface area contributed by atoms with Crippen molar-refractivity contribution in [3.63, 3.8) is 0 Å². The average Bonchev–Trinajstić information content (AvgIpc) is 2.76. The van der Waals surface area contributed by atoms with Crippen molar-refractivity contribution in [2.75, 3.05) is 32.1 Å². The van der Waals surface area contributed by atoms with Crippen molar-refractivity contribution in [1.29, 1.82) is 0 Å². The predicted molar refractivity (Wildman–Crippen MR) is 120 cm³/mol. The van der Waals surface area contributed by atoms with Crippen molar-refractivity contribution in [3.05, 3.63) is 53.7 Å². The molecule has 0 saturated heterocycles. The van der Waals surface area contributed by atoms with Crippen molar-refractivity contribution in [3.8, 4) is 11.5 Å². The third-order valence-electron chi connectivity index (χ3n) is 4.86. The highest BCUT2D eigenvalue weighted by molar-refractivity contribution is 6.08. The molecule has 0 bridgehead atoms. The summed E-state index contributed by atoms with van der Waals surface area (Å²) in [6.45, 7) is 6.20. The molecule has 3 rings (SSSR count). The van der Waals surface area contributed by atoms with E-state index in [0.717, 1.165) is 29.6 Å². The number of ether oxygens (including phenoxy) is 2.